The van der Waals surface area contributed by atoms with Crippen molar-refractivity contribution in [3.63, 3.8) is 0 Å². The molecule has 3 aromatic rings. The summed E-state index contributed by atoms with van der Waals surface area (Å²) in [5.41, 5.74) is 4.65. The summed E-state index contributed by atoms with van der Waals surface area (Å²) in [5, 5.41) is 32.9. The predicted molar refractivity (Wildman–Crippen MR) is 118 cm³/mol. The summed E-state index contributed by atoms with van der Waals surface area (Å²) in [6.07, 6.45) is -3.08. The maximum absolute atomic E-state index is 12.2. The quantitative estimate of drug-likeness (QED) is 0.426. The highest BCUT2D eigenvalue weighted by molar-refractivity contribution is 5.79. The molecule has 0 aliphatic heterocycles. The Labute approximate surface area is 184 Å². The van der Waals surface area contributed by atoms with Crippen molar-refractivity contribution in [3.8, 4) is 16.9 Å². The van der Waals surface area contributed by atoms with Crippen molar-refractivity contribution >= 4 is 12.4 Å². The molecule has 7 nitrogen and oxygen atoms in total. The fourth-order valence-corrected chi connectivity index (χ4v) is 4.04. The lowest BCUT2D eigenvalue weighted by molar-refractivity contribution is 0.0172. The Morgan fingerprint density at radius 1 is 1.00 bits per heavy atom. The van der Waals surface area contributed by atoms with E-state index in [2.05, 4.69) is 5.32 Å². The number of phenols is 1. The molecule has 0 fully saturated rings. The molecule has 7 heteroatoms. The molecule has 0 saturated carbocycles. The minimum absolute atomic E-state index is 0.00330. The zero-order valence-corrected chi connectivity index (χ0v) is 17.1. The Morgan fingerprint density at radius 2 is 1.62 bits per heavy atom. The van der Waals surface area contributed by atoms with E-state index in [1.807, 2.05) is 48.5 Å². The van der Waals surface area contributed by atoms with Gasteiger partial charge in [0.1, 0.15) is 30.9 Å². The topological polar surface area (TPSA) is 116 Å². The van der Waals surface area contributed by atoms with Crippen LogP contribution in [-0.2, 0) is 4.74 Å². The van der Waals surface area contributed by atoms with Crippen molar-refractivity contribution in [2.45, 2.75) is 18.1 Å². The van der Waals surface area contributed by atoms with E-state index in [9.17, 15) is 24.9 Å². The highest BCUT2D eigenvalue weighted by Gasteiger charge is 2.29. The van der Waals surface area contributed by atoms with Crippen LogP contribution in [0.4, 0.5) is 4.79 Å². The molecular weight excluding hydrogens is 410 g/mol. The Hall–Kier alpha value is -3.68. The van der Waals surface area contributed by atoms with Crippen LogP contribution in [0.2, 0.25) is 0 Å². The number of rotatable bonds is 7. The van der Waals surface area contributed by atoms with E-state index in [0.29, 0.717) is 6.29 Å². The molecule has 1 aliphatic rings. The molecule has 4 rings (SSSR count). The first kappa shape index (κ1) is 21.5. The third-order valence-electron chi connectivity index (χ3n) is 5.67. The van der Waals surface area contributed by atoms with E-state index in [1.165, 1.54) is 18.2 Å². The lowest BCUT2D eigenvalue weighted by Crippen LogP contribution is -2.36. The number of hydrogen-bond acceptors (Lipinski definition) is 6. The number of carbonyl (C=O) groups excluding carboxylic acids is 2. The highest BCUT2D eigenvalue weighted by atomic mass is 16.5. The lowest BCUT2D eigenvalue weighted by atomic mass is 9.98. The zero-order chi connectivity index (χ0) is 22.7. The van der Waals surface area contributed by atoms with Crippen molar-refractivity contribution in [1.82, 2.24) is 5.32 Å². The van der Waals surface area contributed by atoms with Crippen molar-refractivity contribution in [3.05, 3.63) is 89.0 Å². The number of aliphatic hydroxyl groups excluding tert-OH is 2. The summed E-state index contributed by atoms with van der Waals surface area (Å²) in [6, 6.07) is 19.9. The summed E-state index contributed by atoms with van der Waals surface area (Å²) < 4.78 is 5.40. The molecule has 0 saturated heterocycles. The fraction of sp³-hybridized carbons (Fsp3) is 0.200. The molecule has 0 spiro atoms. The first-order valence-corrected chi connectivity index (χ1v) is 10.2. The Kier molecular flexibility index (Phi) is 6.20. The lowest BCUT2D eigenvalue weighted by Gasteiger charge is -2.20. The summed E-state index contributed by atoms with van der Waals surface area (Å²) in [4.78, 5) is 23.1. The maximum Gasteiger partial charge on any atom is 0.407 e. The average molecular weight is 433 g/mol. The number of amides is 1. The molecule has 0 aromatic heterocycles. The molecule has 0 radical (unpaired) electrons. The van der Waals surface area contributed by atoms with E-state index in [1.54, 1.807) is 0 Å². The molecule has 4 N–H and O–H groups in total. The smallest absolute Gasteiger partial charge is 0.407 e. The summed E-state index contributed by atoms with van der Waals surface area (Å²) in [6.45, 7) is -0.177. The number of nitrogens with one attached hydrogen (secondary N) is 1. The van der Waals surface area contributed by atoms with Gasteiger partial charge in [-0.15, -0.1) is 0 Å². The van der Waals surface area contributed by atoms with Crippen LogP contribution in [0.5, 0.6) is 5.75 Å². The summed E-state index contributed by atoms with van der Waals surface area (Å²) in [5.74, 6) is -0.352. The monoisotopic (exact) mass is 433 g/mol. The first-order chi connectivity index (χ1) is 15.5. The van der Waals surface area contributed by atoms with Crippen LogP contribution < -0.4 is 5.32 Å². The number of fused-ring (bicyclic) bond motifs is 3. The second-order valence-electron chi connectivity index (χ2n) is 7.65. The number of hydrogen-bond donors (Lipinski definition) is 4. The van der Waals surface area contributed by atoms with Gasteiger partial charge < -0.3 is 25.4 Å². The van der Waals surface area contributed by atoms with Crippen molar-refractivity contribution in [2.24, 2.45) is 0 Å². The highest BCUT2D eigenvalue weighted by Crippen LogP contribution is 2.44. The van der Waals surface area contributed by atoms with Crippen LogP contribution in [0.25, 0.3) is 11.1 Å². The van der Waals surface area contributed by atoms with Gasteiger partial charge in [0.2, 0.25) is 0 Å². The van der Waals surface area contributed by atoms with E-state index >= 15 is 0 Å². The number of aromatic hydroxyl groups is 1. The van der Waals surface area contributed by atoms with E-state index in [0.717, 1.165) is 22.3 Å². The van der Waals surface area contributed by atoms with Gasteiger partial charge in [-0.2, -0.15) is 0 Å². The standard InChI is InChI=1S/C25H23NO6/c27-13-15-9-10-22(28)20(11-15)24(30)23(29)12-26-25(31)32-14-21-18-7-3-1-5-16(18)17-6-2-4-8-19(17)21/h1-11,13,21,23-24,28-30H,12,14H2,(H,26,31). The van der Waals surface area contributed by atoms with E-state index in [4.69, 9.17) is 4.74 Å². The number of ether oxygens (including phenoxy) is 1. The maximum atomic E-state index is 12.2. The van der Waals surface area contributed by atoms with Crippen LogP contribution in [0.15, 0.2) is 66.7 Å². The van der Waals surface area contributed by atoms with Gasteiger partial charge in [-0.3, -0.25) is 4.79 Å². The van der Waals surface area contributed by atoms with Gasteiger partial charge in [0, 0.05) is 23.6 Å². The Bertz CT molecular complexity index is 1100. The van der Waals surface area contributed by atoms with Crippen molar-refractivity contribution in [2.75, 3.05) is 13.2 Å². The summed E-state index contributed by atoms with van der Waals surface area (Å²) >= 11 is 0. The Balaban J connectivity index is 1.35. The number of alkyl carbamates (subject to hydrolysis) is 1. The Morgan fingerprint density at radius 3 is 2.25 bits per heavy atom. The number of aldehydes is 1. The molecule has 3 aromatic carbocycles. The first-order valence-electron chi connectivity index (χ1n) is 10.2. The molecule has 1 amide bonds. The second-order valence-corrected chi connectivity index (χ2v) is 7.65. The van der Waals surface area contributed by atoms with E-state index in [-0.39, 0.29) is 35.9 Å². The van der Waals surface area contributed by atoms with Gasteiger partial charge in [0.15, 0.2) is 0 Å². The average Bonchev–Trinajstić information content (AvgIpc) is 3.14. The molecule has 0 bridgehead atoms. The number of phenolic OH excluding ortho intramolecular Hbond substituents is 1. The second kappa shape index (κ2) is 9.21. The van der Waals surface area contributed by atoms with Gasteiger partial charge in [-0.1, -0.05) is 48.5 Å². The van der Waals surface area contributed by atoms with Gasteiger partial charge in [0.25, 0.3) is 0 Å². The molecule has 2 atom stereocenters. The molecule has 0 heterocycles. The third kappa shape index (κ3) is 4.21. The molecule has 2 unspecified atom stereocenters. The number of aliphatic hydroxyl groups is 2. The summed E-state index contributed by atoms with van der Waals surface area (Å²) in [7, 11) is 0. The molecule has 164 valence electrons. The van der Waals surface area contributed by atoms with Gasteiger partial charge in [-0.05, 0) is 40.5 Å². The van der Waals surface area contributed by atoms with Crippen LogP contribution in [-0.4, -0.2) is 47.0 Å². The van der Waals surface area contributed by atoms with Crippen LogP contribution in [0.1, 0.15) is 39.1 Å². The van der Waals surface area contributed by atoms with Crippen LogP contribution >= 0.6 is 0 Å². The largest absolute Gasteiger partial charge is 0.508 e. The van der Waals surface area contributed by atoms with Crippen molar-refractivity contribution < 1.29 is 29.6 Å². The molecular formula is C25H23NO6. The minimum atomic E-state index is -1.50. The fourth-order valence-electron chi connectivity index (χ4n) is 4.04. The molecule has 32 heavy (non-hydrogen) atoms. The van der Waals surface area contributed by atoms with Crippen molar-refractivity contribution in [1.29, 1.82) is 0 Å². The van der Waals surface area contributed by atoms with Crippen LogP contribution in [0.3, 0.4) is 0 Å². The number of carbonyl (C=O) groups is 2. The van der Waals surface area contributed by atoms with Gasteiger partial charge in [0.05, 0.1) is 0 Å². The third-order valence-corrected chi connectivity index (χ3v) is 5.67. The number of benzene rings is 3. The normalized spacial score (nSPS) is 14.2. The van der Waals surface area contributed by atoms with Gasteiger partial charge >= 0.3 is 6.09 Å². The zero-order valence-electron chi connectivity index (χ0n) is 17.1. The van der Waals surface area contributed by atoms with Gasteiger partial charge in [-0.25, -0.2) is 4.79 Å². The van der Waals surface area contributed by atoms with Crippen LogP contribution in [0, 0.1) is 0 Å². The predicted octanol–water partition coefficient (Wildman–Crippen LogP) is 3.14. The molecule has 1 aliphatic carbocycles. The minimum Gasteiger partial charge on any atom is -0.508 e. The van der Waals surface area contributed by atoms with E-state index < -0.39 is 18.3 Å². The SMILES string of the molecule is O=Cc1ccc(O)c(C(O)C(O)CNC(=O)OCC2c3ccccc3-c3ccccc32)c1.